The maximum absolute atomic E-state index is 12.6. The van der Waals surface area contributed by atoms with Gasteiger partial charge in [-0.15, -0.1) is 0 Å². The van der Waals surface area contributed by atoms with E-state index in [2.05, 4.69) is 49.1 Å². The van der Waals surface area contributed by atoms with Crippen LogP contribution in [0.3, 0.4) is 0 Å². The van der Waals surface area contributed by atoms with Crippen molar-refractivity contribution in [1.82, 2.24) is 14.9 Å². The van der Waals surface area contributed by atoms with E-state index in [-0.39, 0.29) is 12.8 Å². The normalized spacial score (nSPS) is 17.0. The molecule has 0 saturated carbocycles. The van der Waals surface area contributed by atoms with Crippen LogP contribution in [0.1, 0.15) is 86.9 Å². The molecule has 0 bridgehead atoms. The van der Waals surface area contributed by atoms with Crippen LogP contribution in [0.2, 0.25) is 0 Å². The van der Waals surface area contributed by atoms with E-state index < -0.39 is 0 Å². The lowest BCUT2D eigenvalue weighted by Crippen LogP contribution is -2.26. The van der Waals surface area contributed by atoms with Crippen LogP contribution in [0.5, 0.6) is 11.8 Å². The molecule has 0 radical (unpaired) electrons. The summed E-state index contributed by atoms with van der Waals surface area (Å²) in [6.07, 6.45) is 7.53. The van der Waals surface area contributed by atoms with Crippen LogP contribution >= 0.6 is 0 Å². The van der Waals surface area contributed by atoms with E-state index in [4.69, 9.17) is 19.4 Å². The number of likely N-dealkylation sites (tertiary alicyclic amines) is 1. The summed E-state index contributed by atoms with van der Waals surface area (Å²) >= 11 is 0. The Morgan fingerprint density at radius 3 is 2.54 bits per heavy atom. The number of ether oxygens (including phenoxy) is 2. The standard InChI is InChI=1S/C33H40FN3O2.C2H6/c1-4-30-28(13-15-32(36-30)38-5-2)29-9-6-8-24-20-23(3)10-12-27(24)33(29)25-11-14-31(35-21-25)39-26-16-19-37(22-26)18-7-17-34;1-2/h10-15,20-21,26H,4-9,16-19,22H2,1-3H3;1-2H3/t26-;/m0./s1. The van der Waals surface area contributed by atoms with E-state index in [0.29, 0.717) is 24.8 Å². The van der Waals surface area contributed by atoms with E-state index in [1.807, 2.05) is 39.1 Å². The number of benzene rings is 1. The molecule has 1 aliphatic carbocycles. The molecule has 1 atom stereocenters. The number of aryl methyl sites for hydroxylation is 3. The Hall–Kier alpha value is -3.25. The lowest BCUT2D eigenvalue weighted by atomic mass is 9.87. The van der Waals surface area contributed by atoms with Gasteiger partial charge in [-0.2, -0.15) is 0 Å². The third-order valence-electron chi connectivity index (χ3n) is 7.76. The molecule has 0 N–H and O–H groups in total. The van der Waals surface area contributed by atoms with Crippen molar-refractivity contribution in [2.75, 3.05) is 32.9 Å². The Bertz CT molecular complexity index is 1310. The van der Waals surface area contributed by atoms with Crippen molar-refractivity contribution in [3.63, 3.8) is 0 Å². The summed E-state index contributed by atoms with van der Waals surface area (Å²) in [6, 6.07) is 15.1. The number of alkyl halides is 1. The summed E-state index contributed by atoms with van der Waals surface area (Å²) in [5, 5.41) is 0. The third kappa shape index (κ3) is 7.53. The van der Waals surface area contributed by atoms with Crippen molar-refractivity contribution < 1.29 is 13.9 Å². The average Bonchev–Trinajstić information content (AvgIpc) is 3.36. The maximum atomic E-state index is 12.6. The molecule has 1 aliphatic heterocycles. The number of hydrogen-bond donors (Lipinski definition) is 0. The van der Waals surface area contributed by atoms with Crippen LogP contribution < -0.4 is 9.47 Å². The molecule has 2 aromatic heterocycles. The molecule has 1 fully saturated rings. The number of nitrogens with zero attached hydrogens (tertiary/aromatic N) is 3. The Kier molecular flexibility index (Phi) is 11.3. The van der Waals surface area contributed by atoms with Crippen molar-refractivity contribution in [2.24, 2.45) is 0 Å². The van der Waals surface area contributed by atoms with Gasteiger partial charge in [0.2, 0.25) is 11.8 Å². The van der Waals surface area contributed by atoms with E-state index in [1.165, 1.54) is 33.4 Å². The maximum Gasteiger partial charge on any atom is 0.213 e. The molecular weight excluding hydrogens is 513 g/mol. The fourth-order valence-corrected chi connectivity index (χ4v) is 5.92. The average molecular weight is 560 g/mol. The molecule has 1 aromatic carbocycles. The minimum absolute atomic E-state index is 0.0985. The first kappa shape index (κ1) is 30.7. The first-order valence-corrected chi connectivity index (χ1v) is 15.5. The quantitative estimate of drug-likeness (QED) is 0.253. The predicted octanol–water partition coefficient (Wildman–Crippen LogP) is 7.88. The molecule has 0 amide bonds. The molecule has 5 nitrogen and oxygen atoms in total. The fourth-order valence-electron chi connectivity index (χ4n) is 5.92. The second kappa shape index (κ2) is 15.1. The summed E-state index contributed by atoms with van der Waals surface area (Å²) in [5.74, 6) is 1.33. The molecule has 0 spiro atoms. The van der Waals surface area contributed by atoms with Gasteiger partial charge in [-0.05, 0) is 86.8 Å². The zero-order valence-corrected chi connectivity index (χ0v) is 25.5. The van der Waals surface area contributed by atoms with Gasteiger partial charge in [0.05, 0.1) is 19.0 Å². The van der Waals surface area contributed by atoms with Gasteiger partial charge in [-0.1, -0.05) is 44.5 Å². The number of rotatable bonds is 10. The molecule has 2 aliphatic rings. The Labute approximate surface area is 245 Å². The number of pyridine rings is 2. The van der Waals surface area contributed by atoms with Gasteiger partial charge in [-0.3, -0.25) is 9.29 Å². The Balaban J connectivity index is 0.00000189. The van der Waals surface area contributed by atoms with Gasteiger partial charge in [0.15, 0.2) is 0 Å². The molecule has 6 heteroatoms. The van der Waals surface area contributed by atoms with Crippen molar-refractivity contribution in [3.05, 3.63) is 82.2 Å². The van der Waals surface area contributed by atoms with Crippen molar-refractivity contribution >= 4 is 11.1 Å². The van der Waals surface area contributed by atoms with Crippen molar-refractivity contribution in [1.29, 1.82) is 0 Å². The molecule has 1 saturated heterocycles. The van der Waals surface area contributed by atoms with Crippen LogP contribution in [0.15, 0.2) is 48.7 Å². The predicted molar refractivity (Wildman–Crippen MR) is 166 cm³/mol. The number of halogens is 1. The molecule has 220 valence electrons. The highest BCUT2D eigenvalue weighted by atomic mass is 19.1. The van der Waals surface area contributed by atoms with Crippen molar-refractivity contribution in [3.8, 4) is 11.8 Å². The summed E-state index contributed by atoms with van der Waals surface area (Å²) in [7, 11) is 0. The first-order valence-electron chi connectivity index (χ1n) is 15.5. The Morgan fingerprint density at radius 2 is 1.80 bits per heavy atom. The van der Waals surface area contributed by atoms with Crippen LogP contribution in [0, 0.1) is 6.92 Å². The monoisotopic (exact) mass is 559 g/mol. The molecule has 3 heterocycles. The fraction of sp³-hybridized carbons (Fsp3) is 0.486. The van der Waals surface area contributed by atoms with E-state index in [0.717, 1.165) is 63.0 Å². The lowest BCUT2D eigenvalue weighted by molar-refractivity contribution is 0.191. The SMILES string of the molecule is CC.CCOc1ccc(C2=C(c3ccc(O[C@H]4CCN(CCCF)C4)nc3)c3ccc(C)cc3CCC2)c(CC)n1. The van der Waals surface area contributed by atoms with Crippen LogP contribution in [-0.2, 0) is 12.8 Å². The Morgan fingerprint density at radius 1 is 1.00 bits per heavy atom. The van der Waals surface area contributed by atoms with Gasteiger partial charge in [0.25, 0.3) is 0 Å². The van der Waals surface area contributed by atoms with E-state index >= 15 is 0 Å². The molecule has 0 unspecified atom stereocenters. The van der Waals surface area contributed by atoms with Gasteiger partial charge < -0.3 is 9.47 Å². The van der Waals surface area contributed by atoms with Gasteiger partial charge in [0.1, 0.15) is 6.10 Å². The molecule has 5 rings (SSSR count). The van der Waals surface area contributed by atoms with Gasteiger partial charge in [-0.25, -0.2) is 9.97 Å². The zero-order chi connectivity index (χ0) is 29.2. The summed E-state index contributed by atoms with van der Waals surface area (Å²) in [6.45, 7) is 13.2. The molecular formula is C35H46FN3O2. The van der Waals surface area contributed by atoms with Gasteiger partial charge in [0, 0.05) is 49.1 Å². The van der Waals surface area contributed by atoms with E-state index in [1.54, 1.807) is 0 Å². The highest BCUT2D eigenvalue weighted by Gasteiger charge is 2.25. The topological polar surface area (TPSA) is 47.5 Å². The van der Waals surface area contributed by atoms with E-state index in [9.17, 15) is 4.39 Å². The minimum atomic E-state index is -0.266. The highest BCUT2D eigenvalue weighted by Crippen LogP contribution is 2.41. The largest absolute Gasteiger partial charge is 0.478 e. The first-order chi connectivity index (χ1) is 20.1. The third-order valence-corrected chi connectivity index (χ3v) is 7.76. The number of allylic oxidation sites excluding steroid dienone is 1. The lowest BCUT2D eigenvalue weighted by Gasteiger charge is -2.19. The number of aromatic nitrogens is 2. The van der Waals surface area contributed by atoms with Gasteiger partial charge >= 0.3 is 0 Å². The highest BCUT2D eigenvalue weighted by molar-refractivity contribution is 6.00. The second-order valence-corrected chi connectivity index (χ2v) is 10.6. The smallest absolute Gasteiger partial charge is 0.213 e. The zero-order valence-electron chi connectivity index (χ0n) is 25.5. The summed E-state index contributed by atoms with van der Waals surface area (Å²) in [4.78, 5) is 11.9. The summed E-state index contributed by atoms with van der Waals surface area (Å²) in [5.41, 5.74) is 9.86. The van der Waals surface area contributed by atoms with Crippen LogP contribution in [0.4, 0.5) is 4.39 Å². The van der Waals surface area contributed by atoms with Crippen LogP contribution in [0.25, 0.3) is 11.1 Å². The van der Waals surface area contributed by atoms with Crippen LogP contribution in [-0.4, -0.2) is 53.9 Å². The van der Waals surface area contributed by atoms with Crippen molar-refractivity contribution in [2.45, 2.75) is 79.2 Å². The number of hydrogen-bond acceptors (Lipinski definition) is 5. The second-order valence-electron chi connectivity index (χ2n) is 10.6. The molecule has 41 heavy (non-hydrogen) atoms. The minimum Gasteiger partial charge on any atom is -0.478 e. The number of fused-ring (bicyclic) bond motifs is 1. The molecule has 3 aromatic rings. The summed E-state index contributed by atoms with van der Waals surface area (Å²) < 4.78 is 24.5.